The van der Waals surface area contributed by atoms with Crippen LogP contribution in [0.5, 0.6) is 11.5 Å². The fourth-order valence-corrected chi connectivity index (χ4v) is 3.02. The number of nitrogens with zero attached hydrogens (tertiary/aromatic N) is 1. The lowest BCUT2D eigenvalue weighted by Crippen LogP contribution is -2.37. The van der Waals surface area contributed by atoms with Gasteiger partial charge in [-0.05, 0) is 35.6 Å². The van der Waals surface area contributed by atoms with E-state index < -0.39 is 0 Å². The van der Waals surface area contributed by atoms with Crippen molar-refractivity contribution < 1.29 is 9.47 Å². The zero-order valence-electron chi connectivity index (χ0n) is 13.2. The fraction of sp³-hybridized carbons (Fsp3) is 0.353. The lowest BCUT2D eigenvalue weighted by molar-refractivity contribution is 0.171. The Morgan fingerprint density at radius 2 is 2.04 bits per heavy atom. The van der Waals surface area contributed by atoms with Gasteiger partial charge >= 0.3 is 0 Å². The zero-order chi connectivity index (χ0) is 15.9. The maximum absolute atomic E-state index is 5.61. The van der Waals surface area contributed by atoms with Gasteiger partial charge in [0.05, 0.1) is 6.54 Å². The van der Waals surface area contributed by atoms with Crippen molar-refractivity contribution in [1.82, 2.24) is 10.6 Å². The van der Waals surface area contributed by atoms with Gasteiger partial charge in [-0.1, -0.05) is 12.1 Å². The van der Waals surface area contributed by atoms with Gasteiger partial charge < -0.3 is 20.1 Å². The summed E-state index contributed by atoms with van der Waals surface area (Å²) in [5, 5.41) is 8.72. The van der Waals surface area contributed by atoms with Crippen molar-refractivity contribution in [2.24, 2.45) is 4.99 Å². The minimum Gasteiger partial charge on any atom is -0.486 e. The summed E-state index contributed by atoms with van der Waals surface area (Å²) in [6, 6.07) is 10.3. The number of fused-ring (bicyclic) bond motifs is 1. The molecule has 122 valence electrons. The van der Waals surface area contributed by atoms with Crippen molar-refractivity contribution in [2.45, 2.75) is 13.0 Å². The molecule has 1 aromatic heterocycles. The molecule has 0 amide bonds. The number of hydrogen-bond donors (Lipinski definition) is 2. The first-order valence-electron chi connectivity index (χ1n) is 7.70. The van der Waals surface area contributed by atoms with Crippen molar-refractivity contribution in [3.63, 3.8) is 0 Å². The first kappa shape index (κ1) is 15.7. The van der Waals surface area contributed by atoms with Crippen LogP contribution in [0.1, 0.15) is 10.4 Å². The molecule has 3 rings (SSSR count). The predicted molar refractivity (Wildman–Crippen MR) is 93.7 cm³/mol. The third-order valence-corrected chi connectivity index (χ3v) is 4.42. The Morgan fingerprint density at radius 1 is 1.17 bits per heavy atom. The molecular formula is C17H21N3O2S. The molecule has 0 saturated heterocycles. The fourth-order valence-electron chi connectivity index (χ4n) is 2.37. The Morgan fingerprint density at radius 3 is 2.83 bits per heavy atom. The summed E-state index contributed by atoms with van der Waals surface area (Å²) < 4.78 is 11.1. The summed E-state index contributed by atoms with van der Waals surface area (Å²) >= 11 is 1.74. The molecule has 1 aliphatic rings. The normalized spacial score (nSPS) is 13.7. The molecular weight excluding hydrogens is 310 g/mol. The summed E-state index contributed by atoms with van der Waals surface area (Å²) in [4.78, 5) is 5.53. The van der Waals surface area contributed by atoms with E-state index in [0.29, 0.717) is 13.2 Å². The van der Waals surface area contributed by atoms with Crippen LogP contribution in [0.4, 0.5) is 0 Å². The molecule has 2 heterocycles. The van der Waals surface area contributed by atoms with Gasteiger partial charge in [0.25, 0.3) is 0 Å². The van der Waals surface area contributed by atoms with Crippen LogP contribution in [0.2, 0.25) is 0 Å². The third kappa shape index (κ3) is 4.39. The molecule has 1 aromatic carbocycles. The van der Waals surface area contributed by atoms with E-state index in [-0.39, 0.29) is 0 Å². The average molecular weight is 331 g/mol. The molecule has 0 aliphatic carbocycles. The smallest absolute Gasteiger partial charge is 0.191 e. The number of guanidine groups is 1. The van der Waals surface area contributed by atoms with Crippen molar-refractivity contribution in [3.8, 4) is 11.5 Å². The van der Waals surface area contributed by atoms with E-state index in [1.807, 2.05) is 6.07 Å². The second-order valence-electron chi connectivity index (χ2n) is 5.16. The second-order valence-corrected chi connectivity index (χ2v) is 6.19. The van der Waals surface area contributed by atoms with E-state index in [1.54, 1.807) is 18.4 Å². The van der Waals surface area contributed by atoms with Crippen LogP contribution in [-0.4, -0.2) is 32.8 Å². The summed E-state index contributed by atoms with van der Waals surface area (Å²) in [5.41, 5.74) is 1.22. The molecule has 0 unspecified atom stereocenters. The van der Waals surface area contributed by atoms with Crippen LogP contribution in [-0.2, 0) is 13.0 Å². The van der Waals surface area contributed by atoms with Crippen LogP contribution in [0.25, 0.3) is 0 Å². The lowest BCUT2D eigenvalue weighted by atomic mass is 10.1. The molecule has 1 aliphatic heterocycles. The SMILES string of the molecule is CN=C(NCCc1ccc2c(c1)OCCO2)NCc1cccs1. The van der Waals surface area contributed by atoms with E-state index in [9.17, 15) is 0 Å². The van der Waals surface area contributed by atoms with Crippen LogP contribution >= 0.6 is 11.3 Å². The van der Waals surface area contributed by atoms with Gasteiger partial charge in [0.1, 0.15) is 13.2 Å². The molecule has 0 radical (unpaired) electrons. The maximum Gasteiger partial charge on any atom is 0.191 e. The maximum atomic E-state index is 5.61. The topological polar surface area (TPSA) is 54.9 Å². The summed E-state index contributed by atoms with van der Waals surface area (Å²) in [6.45, 7) is 2.85. The highest BCUT2D eigenvalue weighted by Gasteiger charge is 2.11. The van der Waals surface area contributed by atoms with Gasteiger partial charge in [-0.15, -0.1) is 11.3 Å². The Labute approximate surface area is 140 Å². The summed E-state index contributed by atoms with van der Waals surface area (Å²) in [7, 11) is 1.79. The minimum absolute atomic E-state index is 0.619. The average Bonchev–Trinajstić information content (AvgIpc) is 3.11. The number of hydrogen-bond acceptors (Lipinski definition) is 4. The van der Waals surface area contributed by atoms with E-state index in [4.69, 9.17) is 9.47 Å². The van der Waals surface area contributed by atoms with E-state index in [2.05, 4.69) is 45.3 Å². The van der Waals surface area contributed by atoms with Crippen LogP contribution in [0, 0.1) is 0 Å². The van der Waals surface area contributed by atoms with Gasteiger partial charge in [0.15, 0.2) is 17.5 Å². The number of thiophene rings is 1. The Bertz CT molecular complexity index is 656. The van der Waals surface area contributed by atoms with Crippen molar-refractivity contribution in [2.75, 3.05) is 26.8 Å². The summed E-state index contributed by atoms with van der Waals surface area (Å²) in [5.74, 6) is 2.49. The van der Waals surface area contributed by atoms with E-state index in [0.717, 1.165) is 37.0 Å². The van der Waals surface area contributed by atoms with E-state index in [1.165, 1.54) is 10.4 Å². The molecule has 0 bridgehead atoms. The molecule has 0 saturated carbocycles. The Balaban J connectivity index is 1.46. The van der Waals surface area contributed by atoms with Crippen molar-refractivity contribution in [3.05, 3.63) is 46.2 Å². The molecule has 6 heteroatoms. The second kappa shape index (κ2) is 7.87. The Kier molecular flexibility index (Phi) is 5.37. The highest BCUT2D eigenvalue weighted by atomic mass is 32.1. The minimum atomic E-state index is 0.619. The number of aliphatic imine (C=N–C) groups is 1. The Hall–Kier alpha value is -2.21. The molecule has 5 nitrogen and oxygen atoms in total. The van der Waals surface area contributed by atoms with Gasteiger partial charge in [-0.3, -0.25) is 4.99 Å². The summed E-state index contributed by atoms with van der Waals surface area (Å²) in [6.07, 6.45) is 0.899. The molecule has 0 spiro atoms. The third-order valence-electron chi connectivity index (χ3n) is 3.55. The first-order chi connectivity index (χ1) is 11.3. The first-order valence-corrected chi connectivity index (χ1v) is 8.58. The number of rotatable bonds is 5. The standard InChI is InChI=1S/C17H21N3O2S/c1-18-17(20-12-14-3-2-10-23-14)19-7-6-13-4-5-15-16(11-13)22-9-8-21-15/h2-5,10-11H,6-9,12H2,1H3,(H2,18,19,20). The number of ether oxygens (including phenoxy) is 2. The van der Waals surface area contributed by atoms with Gasteiger partial charge in [0, 0.05) is 18.5 Å². The van der Waals surface area contributed by atoms with Crippen molar-refractivity contribution >= 4 is 17.3 Å². The van der Waals surface area contributed by atoms with Gasteiger partial charge in [-0.2, -0.15) is 0 Å². The quantitative estimate of drug-likeness (QED) is 0.653. The molecule has 2 N–H and O–H groups in total. The van der Waals surface area contributed by atoms with Crippen LogP contribution in [0.3, 0.4) is 0 Å². The molecule has 0 fully saturated rings. The monoisotopic (exact) mass is 331 g/mol. The highest BCUT2D eigenvalue weighted by molar-refractivity contribution is 7.09. The number of nitrogens with one attached hydrogen (secondary N) is 2. The molecule has 23 heavy (non-hydrogen) atoms. The predicted octanol–water partition coefficient (Wildman–Crippen LogP) is 2.43. The number of benzene rings is 1. The zero-order valence-corrected chi connectivity index (χ0v) is 14.0. The largest absolute Gasteiger partial charge is 0.486 e. The van der Waals surface area contributed by atoms with Crippen LogP contribution < -0.4 is 20.1 Å². The van der Waals surface area contributed by atoms with Crippen LogP contribution in [0.15, 0.2) is 40.7 Å². The van der Waals surface area contributed by atoms with Crippen molar-refractivity contribution in [1.29, 1.82) is 0 Å². The highest BCUT2D eigenvalue weighted by Crippen LogP contribution is 2.30. The van der Waals surface area contributed by atoms with E-state index >= 15 is 0 Å². The molecule has 2 aromatic rings. The van der Waals surface area contributed by atoms with Gasteiger partial charge in [0.2, 0.25) is 0 Å². The molecule has 0 atom stereocenters. The van der Waals surface area contributed by atoms with Gasteiger partial charge in [-0.25, -0.2) is 0 Å². The lowest BCUT2D eigenvalue weighted by Gasteiger charge is -2.19.